The fourth-order valence-electron chi connectivity index (χ4n) is 2.02. The zero-order valence-corrected chi connectivity index (χ0v) is 12.6. The number of rotatable bonds is 5. The van der Waals surface area contributed by atoms with Gasteiger partial charge in [0.2, 0.25) is 0 Å². The molecule has 2 nitrogen and oxygen atoms in total. The summed E-state index contributed by atoms with van der Waals surface area (Å²) in [5, 5.41) is 0. The monoisotopic (exact) mass is 319 g/mol. The van der Waals surface area contributed by atoms with Crippen molar-refractivity contribution in [1.82, 2.24) is 0 Å². The summed E-state index contributed by atoms with van der Waals surface area (Å²) in [6.07, 6.45) is 1.90. The van der Waals surface area contributed by atoms with Gasteiger partial charge in [-0.05, 0) is 48.2 Å². The Balaban J connectivity index is 1.94. The van der Waals surface area contributed by atoms with Crippen LogP contribution >= 0.6 is 15.9 Å². The highest BCUT2D eigenvalue weighted by atomic mass is 79.9. The van der Waals surface area contributed by atoms with Gasteiger partial charge in [0.15, 0.2) is 0 Å². The summed E-state index contributed by atoms with van der Waals surface area (Å²) >= 11 is 3.47. The first kappa shape index (κ1) is 14.1. The first-order valence-corrected chi connectivity index (χ1v) is 7.12. The van der Waals surface area contributed by atoms with Gasteiger partial charge >= 0.3 is 0 Å². The fourth-order valence-corrected chi connectivity index (χ4v) is 2.44. The van der Waals surface area contributed by atoms with Crippen molar-refractivity contribution in [3.63, 3.8) is 0 Å². The molecule has 0 aromatic heterocycles. The van der Waals surface area contributed by atoms with Crippen LogP contribution in [0.3, 0.4) is 0 Å². The fraction of sp³-hybridized carbons (Fsp3) is 0.250. The van der Waals surface area contributed by atoms with Crippen molar-refractivity contribution in [2.75, 3.05) is 7.11 Å². The van der Waals surface area contributed by atoms with E-state index < -0.39 is 0 Å². The average Bonchev–Trinajstić information content (AvgIpc) is 2.45. The zero-order chi connectivity index (χ0) is 13.7. The first-order valence-electron chi connectivity index (χ1n) is 6.33. The molecule has 0 aliphatic rings. The number of hydrogen-bond donors (Lipinski definition) is 1. The highest BCUT2D eigenvalue weighted by molar-refractivity contribution is 9.10. The molecule has 2 rings (SSSR count). The largest absolute Gasteiger partial charge is 0.497 e. The van der Waals surface area contributed by atoms with E-state index in [9.17, 15) is 0 Å². The maximum atomic E-state index is 6.22. The Morgan fingerprint density at radius 2 is 1.89 bits per heavy atom. The summed E-state index contributed by atoms with van der Waals surface area (Å²) in [5.74, 6) is 0.889. The van der Waals surface area contributed by atoms with E-state index in [1.54, 1.807) is 7.11 Å². The Hall–Kier alpha value is -1.32. The van der Waals surface area contributed by atoms with Crippen molar-refractivity contribution in [2.24, 2.45) is 5.73 Å². The van der Waals surface area contributed by atoms with Gasteiger partial charge < -0.3 is 10.5 Å². The second-order valence-corrected chi connectivity index (χ2v) is 5.46. The third kappa shape index (κ3) is 4.08. The molecule has 0 saturated carbocycles. The molecule has 0 fully saturated rings. The molecule has 19 heavy (non-hydrogen) atoms. The normalized spacial score (nSPS) is 12.2. The van der Waals surface area contributed by atoms with Crippen LogP contribution in [0.15, 0.2) is 53.0 Å². The van der Waals surface area contributed by atoms with Crippen LogP contribution in [-0.4, -0.2) is 7.11 Å². The van der Waals surface area contributed by atoms with Crippen molar-refractivity contribution in [1.29, 1.82) is 0 Å². The van der Waals surface area contributed by atoms with Gasteiger partial charge in [0, 0.05) is 10.5 Å². The van der Waals surface area contributed by atoms with E-state index in [1.165, 1.54) is 11.1 Å². The predicted octanol–water partition coefficient (Wildman–Crippen LogP) is 4.09. The van der Waals surface area contributed by atoms with Gasteiger partial charge in [0.1, 0.15) is 5.75 Å². The van der Waals surface area contributed by atoms with Crippen molar-refractivity contribution in [3.8, 4) is 5.75 Å². The van der Waals surface area contributed by atoms with E-state index in [1.807, 2.05) is 24.3 Å². The molecule has 1 unspecified atom stereocenters. The first-order chi connectivity index (χ1) is 9.19. The molecule has 0 bridgehead atoms. The van der Waals surface area contributed by atoms with Crippen LogP contribution in [0.5, 0.6) is 5.75 Å². The van der Waals surface area contributed by atoms with Gasteiger partial charge in [-0.1, -0.05) is 40.2 Å². The summed E-state index contributed by atoms with van der Waals surface area (Å²) in [4.78, 5) is 0. The molecule has 3 heteroatoms. The molecule has 0 heterocycles. The molecule has 2 N–H and O–H groups in total. The summed E-state index contributed by atoms with van der Waals surface area (Å²) in [5.41, 5.74) is 8.68. The summed E-state index contributed by atoms with van der Waals surface area (Å²) in [6, 6.07) is 16.4. The lowest BCUT2D eigenvalue weighted by Gasteiger charge is -2.12. The van der Waals surface area contributed by atoms with E-state index in [4.69, 9.17) is 10.5 Å². The Bertz CT molecular complexity index is 525. The molecule has 0 aliphatic heterocycles. The third-order valence-electron chi connectivity index (χ3n) is 3.18. The summed E-state index contributed by atoms with van der Waals surface area (Å²) in [6.45, 7) is 0. The van der Waals surface area contributed by atoms with Crippen LogP contribution in [0.1, 0.15) is 23.6 Å². The maximum Gasteiger partial charge on any atom is 0.118 e. The Morgan fingerprint density at radius 1 is 1.16 bits per heavy atom. The zero-order valence-electron chi connectivity index (χ0n) is 11.0. The van der Waals surface area contributed by atoms with Gasteiger partial charge in [0.25, 0.3) is 0 Å². The minimum atomic E-state index is 0.0691. The van der Waals surface area contributed by atoms with Crippen LogP contribution in [0.25, 0.3) is 0 Å². The Morgan fingerprint density at radius 3 is 2.53 bits per heavy atom. The lowest BCUT2D eigenvalue weighted by atomic mass is 10.00. The van der Waals surface area contributed by atoms with E-state index in [-0.39, 0.29) is 6.04 Å². The van der Waals surface area contributed by atoms with Crippen LogP contribution in [-0.2, 0) is 6.42 Å². The van der Waals surface area contributed by atoms with E-state index >= 15 is 0 Å². The third-order valence-corrected chi connectivity index (χ3v) is 3.67. The number of ether oxygens (including phenoxy) is 1. The summed E-state index contributed by atoms with van der Waals surface area (Å²) < 4.78 is 6.22. The van der Waals surface area contributed by atoms with Crippen molar-refractivity contribution in [2.45, 2.75) is 18.9 Å². The summed E-state index contributed by atoms with van der Waals surface area (Å²) in [7, 11) is 1.68. The topological polar surface area (TPSA) is 35.2 Å². The highest BCUT2D eigenvalue weighted by Crippen LogP contribution is 2.21. The quantitative estimate of drug-likeness (QED) is 0.900. The number of halogens is 1. The molecule has 0 radical (unpaired) electrons. The van der Waals surface area contributed by atoms with Crippen molar-refractivity contribution < 1.29 is 4.74 Å². The lowest BCUT2D eigenvalue weighted by molar-refractivity contribution is 0.414. The second-order valence-electron chi connectivity index (χ2n) is 4.55. The minimum Gasteiger partial charge on any atom is -0.497 e. The van der Waals surface area contributed by atoms with Crippen LogP contribution in [0.4, 0.5) is 0 Å². The van der Waals surface area contributed by atoms with Crippen LogP contribution in [0.2, 0.25) is 0 Å². The maximum absolute atomic E-state index is 6.22. The number of benzene rings is 2. The minimum absolute atomic E-state index is 0.0691. The van der Waals surface area contributed by atoms with E-state index in [0.29, 0.717) is 0 Å². The highest BCUT2D eigenvalue weighted by Gasteiger charge is 2.06. The molecule has 0 amide bonds. The number of nitrogens with two attached hydrogens (primary N) is 1. The standard InChI is InChI=1S/C16H18BrNO/c1-19-15-8-5-12(6-9-15)7-10-16(18)13-3-2-4-14(17)11-13/h2-6,8-9,11,16H,7,10,18H2,1H3. The molecule has 0 aliphatic carbocycles. The molecule has 2 aromatic carbocycles. The molecule has 100 valence electrons. The molecule has 0 saturated heterocycles. The molecule has 2 aromatic rings. The smallest absolute Gasteiger partial charge is 0.118 e. The van der Waals surface area contributed by atoms with Gasteiger partial charge in [-0.25, -0.2) is 0 Å². The SMILES string of the molecule is COc1ccc(CCC(N)c2cccc(Br)c2)cc1. The molecular formula is C16H18BrNO. The predicted molar refractivity (Wildman–Crippen MR) is 82.4 cm³/mol. The van der Waals surface area contributed by atoms with E-state index in [0.717, 1.165) is 23.1 Å². The number of methoxy groups -OCH3 is 1. The van der Waals surface area contributed by atoms with Crippen LogP contribution in [0, 0.1) is 0 Å². The Labute approximate surface area is 122 Å². The van der Waals surface area contributed by atoms with Crippen LogP contribution < -0.4 is 10.5 Å². The molecule has 0 spiro atoms. The number of aryl methyl sites for hydroxylation is 1. The average molecular weight is 320 g/mol. The van der Waals surface area contributed by atoms with Gasteiger partial charge in [-0.2, -0.15) is 0 Å². The molecular weight excluding hydrogens is 302 g/mol. The van der Waals surface area contributed by atoms with Gasteiger partial charge in [0.05, 0.1) is 7.11 Å². The van der Waals surface area contributed by atoms with E-state index in [2.05, 4.69) is 40.2 Å². The number of hydrogen-bond acceptors (Lipinski definition) is 2. The second kappa shape index (κ2) is 6.73. The van der Waals surface area contributed by atoms with Gasteiger partial charge in [-0.15, -0.1) is 0 Å². The van der Waals surface area contributed by atoms with Crippen molar-refractivity contribution in [3.05, 3.63) is 64.1 Å². The van der Waals surface area contributed by atoms with Crippen molar-refractivity contribution >= 4 is 15.9 Å². The lowest BCUT2D eigenvalue weighted by Crippen LogP contribution is -2.11. The molecule has 1 atom stereocenters. The Kier molecular flexibility index (Phi) is 5.00. The van der Waals surface area contributed by atoms with Gasteiger partial charge in [-0.3, -0.25) is 0 Å².